The Balaban J connectivity index is 2.62. The SMILES string of the molecule is CC1=[Se][C@@H](C)c2nccnc21. The van der Waals surface area contributed by atoms with Crippen molar-refractivity contribution in [1.82, 2.24) is 9.97 Å². The van der Waals surface area contributed by atoms with E-state index in [2.05, 4.69) is 23.8 Å². The molecule has 0 aliphatic carbocycles. The average molecular weight is 212 g/mol. The van der Waals surface area contributed by atoms with Crippen molar-refractivity contribution in [3.05, 3.63) is 23.8 Å². The summed E-state index contributed by atoms with van der Waals surface area (Å²) in [5, 5.41) is 0. The summed E-state index contributed by atoms with van der Waals surface area (Å²) in [5.41, 5.74) is 2.35. The van der Waals surface area contributed by atoms with Crippen molar-refractivity contribution < 1.29 is 0 Å². The second kappa shape index (κ2) is 2.50. The van der Waals surface area contributed by atoms with Crippen molar-refractivity contribution in [3.8, 4) is 0 Å². The quantitative estimate of drug-likeness (QED) is 0.594. The number of nitrogens with zero attached hydrogens (tertiary/aromatic N) is 2. The maximum atomic E-state index is 4.32. The predicted octanol–water partition coefficient (Wildman–Crippen LogP) is 0.796. The van der Waals surface area contributed by atoms with Gasteiger partial charge in [0.1, 0.15) is 0 Å². The molecule has 11 heavy (non-hydrogen) atoms. The van der Waals surface area contributed by atoms with Gasteiger partial charge in [-0.1, -0.05) is 0 Å². The first-order valence-corrected chi connectivity index (χ1v) is 5.45. The van der Waals surface area contributed by atoms with E-state index in [1.54, 1.807) is 12.4 Å². The molecule has 1 aliphatic heterocycles. The van der Waals surface area contributed by atoms with Gasteiger partial charge in [0.2, 0.25) is 0 Å². The molecule has 0 N–H and O–H groups in total. The van der Waals surface area contributed by atoms with Crippen LogP contribution in [0, 0.1) is 0 Å². The Morgan fingerprint density at radius 1 is 1.36 bits per heavy atom. The van der Waals surface area contributed by atoms with Gasteiger partial charge in [0.15, 0.2) is 0 Å². The molecule has 0 spiro atoms. The fourth-order valence-electron chi connectivity index (χ4n) is 1.29. The molecule has 0 unspecified atom stereocenters. The van der Waals surface area contributed by atoms with Crippen LogP contribution in [0.5, 0.6) is 0 Å². The topological polar surface area (TPSA) is 25.8 Å². The number of aromatic nitrogens is 2. The Labute approximate surface area is 71.8 Å². The van der Waals surface area contributed by atoms with Crippen molar-refractivity contribution in [1.29, 1.82) is 0 Å². The summed E-state index contributed by atoms with van der Waals surface area (Å²) in [6, 6.07) is 0. The van der Waals surface area contributed by atoms with E-state index >= 15 is 0 Å². The molecule has 2 nitrogen and oxygen atoms in total. The Kier molecular flexibility index (Phi) is 1.62. The molecule has 0 saturated carbocycles. The molecule has 0 bridgehead atoms. The van der Waals surface area contributed by atoms with Crippen LogP contribution in [0.15, 0.2) is 12.4 Å². The first kappa shape index (κ1) is 7.14. The van der Waals surface area contributed by atoms with Gasteiger partial charge in [-0.3, -0.25) is 0 Å². The van der Waals surface area contributed by atoms with Crippen LogP contribution < -0.4 is 0 Å². The molecule has 1 aromatic rings. The van der Waals surface area contributed by atoms with E-state index in [1.807, 2.05) is 0 Å². The molecule has 0 amide bonds. The maximum absolute atomic E-state index is 4.32. The van der Waals surface area contributed by atoms with Gasteiger partial charge in [0.05, 0.1) is 0 Å². The third-order valence-electron chi connectivity index (χ3n) is 1.80. The molecule has 1 aromatic heterocycles. The van der Waals surface area contributed by atoms with E-state index in [-0.39, 0.29) is 0 Å². The zero-order valence-electron chi connectivity index (χ0n) is 6.53. The van der Waals surface area contributed by atoms with E-state index in [1.165, 1.54) is 10.1 Å². The number of rotatable bonds is 0. The van der Waals surface area contributed by atoms with E-state index in [9.17, 15) is 0 Å². The minimum absolute atomic E-state index is 0.587. The second-order valence-electron chi connectivity index (χ2n) is 2.61. The molecular weight excluding hydrogens is 203 g/mol. The summed E-state index contributed by atoms with van der Waals surface area (Å²) < 4.78 is 1.44. The van der Waals surface area contributed by atoms with Crippen molar-refractivity contribution in [2.45, 2.75) is 18.7 Å². The van der Waals surface area contributed by atoms with Gasteiger partial charge >= 0.3 is 71.4 Å². The van der Waals surface area contributed by atoms with Crippen molar-refractivity contribution in [2.75, 3.05) is 0 Å². The molecule has 57 valence electrons. The summed E-state index contributed by atoms with van der Waals surface area (Å²) in [5.74, 6) is 0. The summed E-state index contributed by atoms with van der Waals surface area (Å²) in [7, 11) is 0. The van der Waals surface area contributed by atoms with Gasteiger partial charge in [-0.25, -0.2) is 0 Å². The molecule has 0 aromatic carbocycles. The Morgan fingerprint density at radius 2 is 2.09 bits per heavy atom. The predicted molar refractivity (Wildman–Crippen MR) is 46.0 cm³/mol. The molecule has 1 aliphatic rings. The van der Waals surface area contributed by atoms with Crippen LogP contribution in [0.1, 0.15) is 30.1 Å². The van der Waals surface area contributed by atoms with Crippen molar-refractivity contribution >= 4 is 18.9 Å². The first-order chi connectivity index (χ1) is 5.29. The van der Waals surface area contributed by atoms with Crippen molar-refractivity contribution in [3.63, 3.8) is 0 Å². The Hall–Kier alpha value is -0.531. The fraction of sp³-hybridized carbons (Fsp3) is 0.375. The van der Waals surface area contributed by atoms with Crippen LogP contribution in [0.2, 0.25) is 0 Å². The standard InChI is InChI=1S/C8H9N2Se/c1-5-7-8(6(2)11-5)10-4-3-9-7/h3-5H,1-2H3/t5-/m0/s1. The number of hydrogen-bond acceptors (Lipinski definition) is 2. The Bertz CT molecular complexity index is 320. The molecule has 2 heterocycles. The molecular formula is C8H9N2Se. The van der Waals surface area contributed by atoms with Gasteiger partial charge < -0.3 is 0 Å². The molecule has 1 radical (unpaired) electrons. The zero-order valence-corrected chi connectivity index (χ0v) is 8.25. The van der Waals surface area contributed by atoms with Crippen LogP contribution in [0.4, 0.5) is 0 Å². The number of fused-ring (bicyclic) bond motifs is 1. The van der Waals surface area contributed by atoms with Crippen LogP contribution >= 0.6 is 0 Å². The first-order valence-electron chi connectivity index (χ1n) is 3.60. The number of hydrogen-bond donors (Lipinski definition) is 0. The third kappa shape index (κ3) is 1.05. The monoisotopic (exact) mass is 213 g/mol. The molecule has 2 rings (SSSR count). The van der Waals surface area contributed by atoms with Gasteiger partial charge in [0.25, 0.3) is 0 Å². The summed E-state index contributed by atoms with van der Waals surface area (Å²) in [6.45, 7) is 4.39. The van der Waals surface area contributed by atoms with E-state index < -0.39 is 0 Å². The molecule has 0 fully saturated rings. The van der Waals surface area contributed by atoms with Gasteiger partial charge in [-0.2, -0.15) is 0 Å². The minimum atomic E-state index is 0.587. The summed E-state index contributed by atoms with van der Waals surface area (Å²) in [6.07, 6.45) is 3.56. The average Bonchev–Trinajstić information content (AvgIpc) is 2.30. The molecule has 1 atom stereocenters. The Morgan fingerprint density at radius 3 is 2.82 bits per heavy atom. The normalized spacial score (nSPS) is 21.3. The summed E-state index contributed by atoms with van der Waals surface area (Å²) in [4.78, 5) is 9.26. The van der Waals surface area contributed by atoms with Crippen molar-refractivity contribution in [2.24, 2.45) is 0 Å². The van der Waals surface area contributed by atoms with E-state index in [4.69, 9.17) is 0 Å². The van der Waals surface area contributed by atoms with Crippen LogP contribution in [0.3, 0.4) is 0 Å². The van der Waals surface area contributed by atoms with E-state index in [0.717, 1.165) is 5.69 Å². The fourth-order valence-corrected chi connectivity index (χ4v) is 3.57. The van der Waals surface area contributed by atoms with Gasteiger partial charge in [0, 0.05) is 0 Å². The molecule has 3 heteroatoms. The molecule has 0 saturated heterocycles. The summed E-state index contributed by atoms with van der Waals surface area (Å²) >= 11 is 0.587. The van der Waals surface area contributed by atoms with Crippen LogP contribution in [-0.2, 0) is 0 Å². The van der Waals surface area contributed by atoms with Gasteiger partial charge in [-0.15, -0.1) is 0 Å². The van der Waals surface area contributed by atoms with E-state index in [0.29, 0.717) is 19.3 Å². The van der Waals surface area contributed by atoms with Crippen LogP contribution in [-0.4, -0.2) is 28.9 Å². The zero-order chi connectivity index (χ0) is 7.84. The van der Waals surface area contributed by atoms with Gasteiger partial charge in [-0.05, 0) is 0 Å². The third-order valence-corrected chi connectivity index (χ3v) is 4.16. The second-order valence-corrected chi connectivity index (χ2v) is 5.87. The van der Waals surface area contributed by atoms with Crippen LogP contribution in [0.25, 0.3) is 0 Å².